The maximum Gasteiger partial charge on any atom is 0.248 e. The lowest BCUT2D eigenvalue weighted by Crippen LogP contribution is -2.60. The number of nitrogens with one attached hydrogen (secondary N) is 1. The first-order valence-corrected chi connectivity index (χ1v) is 9.38. The Hall–Kier alpha value is -1.39. The SMILES string of the molecule is CCc1noc(C(C)NC(=O)C23CC4CC(C)(CC(C)(C4)C2)C3)n1. The van der Waals surface area contributed by atoms with Crippen LogP contribution in [0.5, 0.6) is 0 Å². The Bertz CT molecular complexity index is 649. The Kier molecular flexibility index (Phi) is 3.39. The number of nitrogens with zero attached hydrogens (tertiary/aromatic N) is 2. The molecule has 132 valence electrons. The van der Waals surface area contributed by atoms with Gasteiger partial charge < -0.3 is 9.84 Å². The molecule has 3 atom stereocenters. The van der Waals surface area contributed by atoms with Crippen molar-refractivity contribution in [2.24, 2.45) is 22.2 Å². The highest BCUT2D eigenvalue weighted by atomic mass is 16.5. The monoisotopic (exact) mass is 331 g/mol. The van der Waals surface area contributed by atoms with E-state index >= 15 is 0 Å². The van der Waals surface area contributed by atoms with Crippen LogP contribution in [0.3, 0.4) is 0 Å². The second-order valence-corrected chi connectivity index (χ2v) is 9.51. The molecule has 1 aromatic rings. The summed E-state index contributed by atoms with van der Waals surface area (Å²) in [5, 5.41) is 7.13. The van der Waals surface area contributed by atoms with Crippen LogP contribution in [0, 0.1) is 22.2 Å². The summed E-state index contributed by atoms with van der Waals surface area (Å²) in [5.41, 5.74) is 0.494. The molecule has 4 aliphatic rings. The van der Waals surface area contributed by atoms with Crippen molar-refractivity contribution in [2.75, 3.05) is 0 Å². The van der Waals surface area contributed by atoms with Crippen LogP contribution in [0.2, 0.25) is 0 Å². The topological polar surface area (TPSA) is 68.0 Å². The number of hydrogen-bond donors (Lipinski definition) is 1. The van der Waals surface area contributed by atoms with E-state index in [1.165, 1.54) is 19.3 Å². The standard InChI is InChI=1S/C19H29N3O2/c1-5-14-21-15(24-22-14)12(2)20-16(23)19-8-13-6-17(3,10-19)9-18(4,7-13)11-19/h12-13H,5-11H2,1-4H3,(H,20,23). The van der Waals surface area contributed by atoms with E-state index in [0.717, 1.165) is 25.7 Å². The second kappa shape index (κ2) is 5.06. The molecule has 0 aromatic carbocycles. The summed E-state index contributed by atoms with van der Waals surface area (Å²) < 4.78 is 5.30. The fourth-order valence-corrected chi connectivity index (χ4v) is 6.70. The number of aryl methyl sites for hydroxylation is 1. The van der Waals surface area contributed by atoms with Gasteiger partial charge in [0, 0.05) is 6.42 Å². The molecular formula is C19H29N3O2. The fourth-order valence-electron chi connectivity index (χ4n) is 6.70. The zero-order valence-electron chi connectivity index (χ0n) is 15.3. The summed E-state index contributed by atoms with van der Waals surface area (Å²) in [6.07, 6.45) is 7.76. The first-order chi connectivity index (χ1) is 11.2. The Morgan fingerprint density at radius 2 is 1.92 bits per heavy atom. The molecule has 4 aliphatic carbocycles. The third-order valence-corrected chi connectivity index (χ3v) is 6.63. The zero-order valence-corrected chi connectivity index (χ0v) is 15.3. The summed E-state index contributed by atoms with van der Waals surface area (Å²) in [4.78, 5) is 17.6. The van der Waals surface area contributed by atoms with Crippen LogP contribution < -0.4 is 5.32 Å². The molecule has 1 N–H and O–H groups in total. The van der Waals surface area contributed by atoms with E-state index in [1.807, 2.05) is 13.8 Å². The van der Waals surface area contributed by atoms with Crippen LogP contribution in [0.25, 0.3) is 0 Å². The molecule has 1 amide bonds. The Labute approximate surface area is 144 Å². The van der Waals surface area contributed by atoms with Crippen LogP contribution >= 0.6 is 0 Å². The first-order valence-electron chi connectivity index (χ1n) is 9.38. The van der Waals surface area contributed by atoms with Gasteiger partial charge in [0.05, 0.1) is 5.41 Å². The predicted octanol–water partition coefficient (Wildman–Crippen LogP) is 3.81. The molecular weight excluding hydrogens is 302 g/mol. The van der Waals surface area contributed by atoms with Crippen molar-refractivity contribution in [3.63, 3.8) is 0 Å². The molecule has 4 bridgehead atoms. The Morgan fingerprint density at radius 3 is 2.46 bits per heavy atom. The molecule has 0 radical (unpaired) electrons. The summed E-state index contributed by atoms with van der Waals surface area (Å²) in [5.74, 6) is 2.13. The van der Waals surface area contributed by atoms with Crippen molar-refractivity contribution in [2.45, 2.75) is 78.7 Å². The fraction of sp³-hybridized carbons (Fsp3) is 0.842. The average Bonchev–Trinajstić information content (AvgIpc) is 2.92. The molecule has 0 spiro atoms. The number of amides is 1. The van der Waals surface area contributed by atoms with Gasteiger partial charge >= 0.3 is 0 Å². The molecule has 24 heavy (non-hydrogen) atoms. The quantitative estimate of drug-likeness (QED) is 0.911. The molecule has 0 saturated heterocycles. The summed E-state index contributed by atoms with van der Waals surface area (Å²) in [6.45, 7) is 8.73. The van der Waals surface area contributed by atoms with Gasteiger partial charge in [-0.15, -0.1) is 0 Å². The third-order valence-electron chi connectivity index (χ3n) is 6.63. The maximum absolute atomic E-state index is 13.2. The summed E-state index contributed by atoms with van der Waals surface area (Å²) in [7, 11) is 0. The normalized spacial score (nSPS) is 41.4. The molecule has 3 unspecified atom stereocenters. The minimum atomic E-state index is -0.223. The van der Waals surface area contributed by atoms with Crippen LogP contribution in [-0.4, -0.2) is 16.0 Å². The summed E-state index contributed by atoms with van der Waals surface area (Å²) in [6, 6.07) is -0.223. The van der Waals surface area contributed by atoms with Crippen LogP contribution in [0.1, 0.15) is 84.0 Å². The van der Waals surface area contributed by atoms with Gasteiger partial charge in [-0.25, -0.2) is 0 Å². The van der Waals surface area contributed by atoms with Crippen LogP contribution in [0.4, 0.5) is 0 Å². The van der Waals surface area contributed by atoms with Gasteiger partial charge in [0.1, 0.15) is 6.04 Å². The highest BCUT2D eigenvalue weighted by Gasteiger charge is 2.62. The highest BCUT2D eigenvalue weighted by molar-refractivity contribution is 5.83. The average molecular weight is 331 g/mol. The number of carbonyl (C=O) groups is 1. The van der Waals surface area contributed by atoms with E-state index in [1.54, 1.807) is 0 Å². The first kappa shape index (κ1) is 16.1. The van der Waals surface area contributed by atoms with Gasteiger partial charge in [0.15, 0.2) is 5.82 Å². The van der Waals surface area contributed by atoms with E-state index in [2.05, 4.69) is 29.3 Å². The van der Waals surface area contributed by atoms with Crippen LogP contribution in [0.15, 0.2) is 4.52 Å². The molecule has 5 heteroatoms. The molecule has 5 rings (SSSR count). The van der Waals surface area contributed by atoms with Crippen molar-refractivity contribution in [3.05, 3.63) is 11.7 Å². The largest absolute Gasteiger partial charge is 0.344 e. The smallest absolute Gasteiger partial charge is 0.248 e. The molecule has 4 fully saturated rings. The van der Waals surface area contributed by atoms with Crippen molar-refractivity contribution in [1.29, 1.82) is 0 Å². The molecule has 1 heterocycles. The predicted molar refractivity (Wildman–Crippen MR) is 90.1 cm³/mol. The number of aromatic nitrogens is 2. The van der Waals surface area contributed by atoms with Gasteiger partial charge in [-0.1, -0.05) is 25.9 Å². The minimum absolute atomic E-state index is 0.190. The van der Waals surface area contributed by atoms with Crippen LogP contribution in [-0.2, 0) is 11.2 Å². The molecule has 1 aromatic heterocycles. The van der Waals surface area contributed by atoms with Crippen molar-refractivity contribution in [3.8, 4) is 0 Å². The van der Waals surface area contributed by atoms with Gasteiger partial charge in [-0.3, -0.25) is 4.79 Å². The van der Waals surface area contributed by atoms with Crippen molar-refractivity contribution >= 4 is 5.91 Å². The Morgan fingerprint density at radius 1 is 1.25 bits per heavy atom. The number of rotatable bonds is 4. The number of hydrogen-bond acceptors (Lipinski definition) is 4. The number of carbonyl (C=O) groups excluding carboxylic acids is 1. The Balaban J connectivity index is 1.53. The minimum Gasteiger partial charge on any atom is -0.344 e. The maximum atomic E-state index is 13.2. The van der Waals surface area contributed by atoms with E-state index in [-0.39, 0.29) is 17.4 Å². The lowest BCUT2D eigenvalue weighted by atomic mass is 9.40. The molecule has 0 aliphatic heterocycles. The van der Waals surface area contributed by atoms with Crippen molar-refractivity contribution < 1.29 is 9.32 Å². The molecule has 4 saturated carbocycles. The van der Waals surface area contributed by atoms with E-state index in [4.69, 9.17) is 4.52 Å². The zero-order chi connectivity index (χ0) is 17.2. The van der Waals surface area contributed by atoms with Gasteiger partial charge in [0.2, 0.25) is 11.8 Å². The summed E-state index contributed by atoms with van der Waals surface area (Å²) >= 11 is 0. The van der Waals surface area contributed by atoms with E-state index in [9.17, 15) is 4.79 Å². The third kappa shape index (κ3) is 2.47. The lowest BCUT2D eigenvalue weighted by molar-refractivity contribution is -0.170. The van der Waals surface area contributed by atoms with Crippen molar-refractivity contribution in [1.82, 2.24) is 15.5 Å². The highest BCUT2D eigenvalue weighted by Crippen LogP contribution is 2.69. The second-order valence-electron chi connectivity index (χ2n) is 9.51. The van der Waals surface area contributed by atoms with E-state index in [0.29, 0.717) is 28.5 Å². The lowest BCUT2D eigenvalue weighted by Gasteiger charge is -2.64. The van der Waals surface area contributed by atoms with Gasteiger partial charge in [0.25, 0.3) is 0 Å². The van der Waals surface area contributed by atoms with Gasteiger partial charge in [-0.05, 0) is 62.2 Å². The molecule has 5 nitrogen and oxygen atoms in total. The van der Waals surface area contributed by atoms with Gasteiger partial charge in [-0.2, -0.15) is 4.98 Å². The van der Waals surface area contributed by atoms with E-state index < -0.39 is 0 Å².